The first-order valence-electron chi connectivity index (χ1n) is 6.89. The molecule has 3 rings (SSSR count). The fraction of sp³-hybridized carbons (Fsp3) is 0.333. The van der Waals surface area contributed by atoms with Crippen molar-refractivity contribution in [2.24, 2.45) is 0 Å². The van der Waals surface area contributed by atoms with Crippen molar-refractivity contribution in [1.29, 1.82) is 0 Å². The predicted octanol–water partition coefficient (Wildman–Crippen LogP) is 1.50. The van der Waals surface area contributed by atoms with Crippen LogP contribution >= 0.6 is 0 Å². The Kier molecular flexibility index (Phi) is 3.62. The molecule has 0 saturated carbocycles. The molecule has 0 aliphatic carbocycles. The smallest absolute Gasteiger partial charge is 0.372 e. The monoisotopic (exact) mass is 288 g/mol. The fourth-order valence-electron chi connectivity index (χ4n) is 2.65. The van der Waals surface area contributed by atoms with Gasteiger partial charge in [0.2, 0.25) is 11.7 Å². The summed E-state index contributed by atoms with van der Waals surface area (Å²) in [6.45, 7) is 1.01. The van der Waals surface area contributed by atoms with Gasteiger partial charge in [-0.05, 0) is 12.5 Å². The molecule has 2 aromatic rings. The second-order valence-electron chi connectivity index (χ2n) is 5.15. The molecule has 1 fully saturated rings. The standard InChI is InChI=1S/C15H16N2O4/c18-13-6-5-9(17-13)7-16-8-11-10-3-1-2-4-12(10)21-14(11)15(19)20/h1-4,9,16H,5-8H2,(H,17,18)(H,19,20). The fourth-order valence-corrected chi connectivity index (χ4v) is 2.65. The molecule has 1 aliphatic heterocycles. The van der Waals surface area contributed by atoms with Crippen molar-refractivity contribution in [2.75, 3.05) is 6.54 Å². The molecule has 21 heavy (non-hydrogen) atoms. The highest BCUT2D eigenvalue weighted by atomic mass is 16.4. The van der Waals surface area contributed by atoms with E-state index in [0.29, 0.717) is 30.7 Å². The Hall–Kier alpha value is -2.34. The number of para-hydroxylation sites is 1. The zero-order chi connectivity index (χ0) is 14.8. The number of benzene rings is 1. The van der Waals surface area contributed by atoms with E-state index in [4.69, 9.17) is 4.42 Å². The van der Waals surface area contributed by atoms with Gasteiger partial charge in [0.05, 0.1) is 0 Å². The molecule has 3 N–H and O–H groups in total. The van der Waals surface area contributed by atoms with E-state index in [2.05, 4.69) is 10.6 Å². The lowest BCUT2D eigenvalue weighted by Gasteiger charge is -2.11. The summed E-state index contributed by atoms with van der Waals surface area (Å²) >= 11 is 0. The van der Waals surface area contributed by atoms with Crippen LogP contribution in [0.3, 0.4) is 0 Å². The van der Waals surface area contributed by atoms with Crippen LogP contribution in [0, 0.1) is 0 Å². The highest BCUT2D eigenvalue weighted by molar-refractivity contribution is 5.95. The summed E-state index contributed by atoms with van der Waals surface area (Å²) in [7, 11) is 0. The Morgan fingerprint density at radius 3 is 2.95 bits per heavy atom. The maximum absolute atomic E-state index is 11.3. The second kappa shape index (κ2) is 5.57. The minimum absolute atomic E-state index is 0.0286. The molecule has 1 atom stereocenters. The van der Waals surface area contributed by atoms with Crippen LogP contribution in [0.1, 0.15) is 29.0 Å². The molecule has 1 amide bonds. The molecule has 0 radical (unpaired) electrons. The van der Waals surface area contributed by atoms with Gasteiger partial charge in [-0.25, -0.2) is 4.79 Å². The number of carbonyl (C=O) groups excluding carboxylic acids is 1. The third-order valence-electron chi connectivity index (χ3n) is 3.67. The third kappa shape index (κ3) is 2.75. The van der Waals surface area contributed by atoms with Gasteiger partial charge in [0.25, 0.3) is 0 Å². The van der Waals surface area contributed by atoms with Crippen LogP contribution in [-0.2, 0) is 11.3 Å². The molecule has 1 aromatic heterocycles. The summed E-state index contributed by atoms with van der Waals surface area (Å²) < 4.78 is 5.39. The van der Waals surface area contributed by atoms with E-state index in [0.717, 1.165) is 11.8 Å². The van der Waals surface area contributed by atoms with Crippen LogP contribution in [-0.4, -0.2) is 29.6 Å². The molecule has 1 aromatic carbocycles. The van der Waals surface area contributed by atoms with E-state index in [1.54, 1.807) is 6.07 Å². The largest absolute Gasteiger partial charge is 0.475 e. The predicted molar refractivity (Wildman–Crippen MR) is 76.0 cm³/mol. The van der Waals surface area contributed by atoms with Gasteiger partial charge in [0.15, 0.2) is 0 Å². The number of nitrogens with one attached hydrogen (secondary N) is 2. The minimum Gasteiger partial charge on any atom is -0.475 e. The molecule has 6 heteroatoms. The minimum atomic E-state index is -1.07. The van der Waals surface area contributed by atoms with Crippen molar-refractivity contribution < 1.29 is 19.1 Å². The van der Waals surface area contributed by atoms with Gasteiger partial charge in [-0.3, -0.25) is 4.79 Å². The third-order valence-corrected chi connectivity index (χ3v) is 3.67. The van der Waals surface area contributed by atoms with Gasteiger partial charge in [-0.15, -0.1) is 0 Å². The summed E-state index contributed by atoms with van der Waals surface area (Å²) in [5.74, 6) is -1.03. The number of hydrogen-bond acceptors (Lipinski definition) is 4. The first-order valence-corrected chi connectivity index (χ1v) is 6.89. The van der Waals surface area contributed by atoms with E-state index in [9.17, 15) is 14.7 Å². The summed E-state index contributed by atoms with van der Waals surface area (Å²) in [6.07, 6.45) is 1.37. The van der Waals surface area contributed by atoms with Crippen LogP contribution in [0.2, 0.25) is 0 Å². The zero-order valence-corrected chi connectivity index (χ0v) is 11.4. The van der Waals surface area contributed by atoms with Crippen molar-refractivity contribution in [3.8, 4) is 0 Å². The Labute approximate surface area is 121 Å². The lowest BCUT2D eigenvalue weighted by molar-refractivity contribution is -0.119. The average Bonchev–Trinajstić information content (AvgIpc) is 3.03. The van der Waals surface area contributed by atoms with Crippen LogP contribution < -0.4 is 10.6 Å². The second-order valence-corrected chi connectivity index (χ2v) is 5.15. The van der Waals surface area contributed by atoms with Gasteiger partial charge in [-0.2, -0.15) is 0 Å². The zero-order valence-electron chi connectivity index (χ0n) is 11.4. The van der Waals surface area contributed by atoms with Gasteiger partial charge >= 0.3 is 5.97 Å². The maximum atomic E-state index is 11.3. The molecule has 1 saturated heterocycles. The van der Waals surface area contributed by atoms with E-state index in [-0.39, 0.29) is 17.7 Å². The first-order chi connectivity index (χ1) is 10.1. The highest BCUT2D eigenvalue weighted by Gasteiger charge is 2.22. The normalized spacial score (nSPS) is 18.1. The highest BCUT2D eigenvalue weighted by Crippen LogP contribution is 2.25. The SMILES string of the molecule is O=C1CCC(CNCc2c(C(=O)O)oc3ccccc23)N1. The molecule has 1 unspecified atom stereocenters. The molecular weight excluding hydrogens is 272 g/mol. The molecule has 0 spiro atoms. The van der Waals surface area contributed by atoms with Gasteiger partial charge in [-0.1, -0.05) is 18.2 Å². The summed E-state index contributed by atoms with van der Waals surface area (Å²) in [5, 5.41) is 16.1. The van der Waals surface area contributed by atoms with E-state index in [1.807, 2.05) is 18.2 Å². The lowest BCUT2D eigenvalue weighted by atomic mass is 10.1. The number of furan rings is 1. The molecular formula is C15H16N2O4. The lowest BCUT2D eigenvalue weighted by Crippen LogP contribution is -2.35. The summed E-state index contributed by atoms with van der Waals surface area (Å²) in [6, 6.07) is 7.37. The van der Waals surface area contributed by atoms with Crippen molar-refractivity contribution in [3.05, 3.63) is 35.6 Å². The molecule has 6 nitrogen and oxygen atoms in total. The number of fused-ring (bicyclic) bond motifs is 1. The number of aromatic carboxylic acids is 1. The number of carbonyl (C=O) groups is 2. The molecule has 110 valence electrons. The first kappa shape index (κ1) is 13.6. The Balaban J connectivity index is 1.74. The number of hydrogen-bond donors (Lipinski definition) is 3. The van der Waals surface area contributed by atoms with E-state index < -0.39 is 5.97 Å². The van der Waals surface area contributed by atoms with Crippen LogP contribution in [0.4, 0.5) is 0 Å². The Morgan fingerprint density at radius 1 is 1.43 bits per heavy atom. The summed E-state index contributed by atoms with van der Waals surface area (Å²) in [4.78, 5) is 22.4. The Bertz CT molecular complexity index is 692. The van der Waals surface area contributed by atoms with Gasteiger partial charge in [0, 0.05) is 36.5 Å². The van der Waals surface area contributed by atoms with Crippen LogP contribution in [0.15, 0.2) is 28.7 Å². The van der Waals surface area contributed by atoms with Gasteiger partial charge < -0.3 is 20.2 Å². The van der Waals surface area contributed by atoms with Crippen LogP contribution in [0.5, 0.6) is 0 Å². The molecule has 1 aliphatic rings. The Morgan fingerprint density at radius 2 is 2.24 bits per heavy atom. The van der Waals surface area contributed by atoms with Crippen molar-refractivity contribution in [2.45, 2.75) is 25.4 Å². The quantitative estimate of drug-likeness (QED) is 0.775. The number of carboxylic acid groups (broad SMARTS) is 1. The van der Waals surface area contributed by atoms with Crippen molar-refractivity contribution >= 4 is 22.8 Å². The number of amides is 1. The molecule has 2 heterocycles. The van der Waals surface area contributed by atoms with Crippen molar-refractivity contribution in [3.63, 3.8) is 0 Å². The number of carboxylic acids is 1. The average molecular weight is 288 g/mol. The number of rotatable bonds is 5. The topological polar surface area (TPSA) is 91.6 Å². The molecule has 0 bridgehead atoms. The summed E-state index contributed by atoms with van der Waals surface area (Å²) in [5.41, 5.74) is 1.21. The van der Waals surface area contributed by atoms with E-state index >= 15 is 0 Å². The maximum Gasteiger partial charge on any atom is 0.372 e. The van der Waals surface area contributed by atoms with E-state index in [1.165, 1.54) is 0 Å². The van der Waals surface area contributed by atoms with Crippen molar-refractivity contribution in [1.82, 2.24) is 10.6 Å². The van der Waals surface area contributed by atoms with Gasteiger partial charge in [0.1, 0.15) is 5.58 Å². The van der Waals surface area contributed by atoms with Crippen LogP contribution in [0.25, 0.3) is 11.0 Å².